The summed E-state index contributed by atoms with van der Waals surface area (Å²) >= 11 is 0. The summed E-state index contributed by atoms with van der Waals surface area (Å²) in [4.78, 5) is 5.45. The lowest BCUT2D eigenvalue weighted by Gasteiger charge is -2.27. The summed E-state index contributed by atoms with van der Waals surface area (Å²) in [5.41, 5.74) is 16.9. The zero-order valence-electron chi connectivity index (χ0n) is 27.7. The van der Waals surface area contributed by atoms with Crippen molar-refractivity contribution in [3.05, 3.63) is 185 Å². The Kier molecular flexibility index (Phi) is 7.74. The Morgan fingerprint density at radius 3 is 2.10 bits per heavy atom. The van der Waals surface area contributed by atoms with Crippen LogP contribution in [-0.2, 0) is 0 Å². The van der Waals surface area contributed by atoms with E-state index in [1.807, 2.05) is 0 Å². The molecule has 8 rings (SSSR count). The molecule has 0 amide bonds. The molecule has 1 unspecified atom stereocenters. The molecule has 0 spiro atoms. The molecule has 1 aliphatic carbocycles. The van der Waals surface area contributed by atoms with Gasteiger partial charge in [-0.2, -0.15) is 0 Å². The topological polar surface area (TPSA) is 29.3 Å². The number of para-hydroxylation sites is 2. The van der Waals surface area contributed by atoms with Crippen LogP contribution in [0.15, 0.2) is 162 Å². The first-order chi connectivity index (χ1) is 23.6. The van der Waals surface area contributed by atoms with Crippen molar-refractivity contribution >= 4 is 33.6 Å². The number of hydrogen-bond donors (Lipinski definition) is 1. The van der Waals surface area contributed by atoms with E-state index in [4.69, 9.17) is 4.99 Å². The minimum Gasteiger partial charge on any atom is -0.359 e. The van der Waals surface area contributed by atoms with Crippen molar-refractivity contribution in [2.24, 2.45) is 4.99 Å². The second-order valence-electron chi connectivity index (χ2n) is 12.8. The molecule has 3 nitrogen and oxygen atoms in total. The molecule has 0 fully saturated rings. The summed E-state index contributed by atoms with van der Waals surface area (Å²) in [7, 11) is 0. The predicted molar refractivity (Wildman–Crippen MR) is 203 cm³/mol. The van der Waals surface area contributed by atoms with E-state index in [9.17, 15) is 0 Å². The molecular weight excluding hydrogens is 583 g/mol. The molecule has 2 aliphatic rings. The predicted octanol–water partition coefficient (Wildman–Crippen LogP) is 11.6. The van der Waals surface area contributed by atoms with Crippen LogP contribution in [0.25, 0.3) is 33.3 Å². The fraction of sp³-hybridized carbons (Fsp3) is 0.133. The van der Waals surface area contributed by atoms with E-state index < -0.39 is 0 Å². The van der Waals surface area contributed by atoms with Gasteiger partial charge < -0.3 is 9.88 Å². The lowest BCUT2D eigenvalue weighted by Crippen LogP contribution is -2.21. The van der Waals surface area contributed by atoms with Gasteiger partial charge >= 0.3 is 0 Å². The van der Waals surface area contributed by atoms with E-state index in [0.29, 0.717) is 0 Å². The second-order valence-corrected chi connectivity index (χ2v) is 12.8. The number of aromatic nitrogens is 1. The van der Waals surface area contributed by atoms with Crippen LogP contribution < -0.4 is 5.32 Å². The molecule has 6 aromatic rings. The van der Waals surface area contributed by atoms with E-state index in [1.165, 1.54) is 61.3 Å². The zero-order chi connectivity index (χ0) is 32.6. The molecule has 1 atom stereocenters. The van der Waals surface area contributed by atoms with Crippen LogP contribution in [0.4, 0.5) is 5.69 Å². The molecule has 0 bridgehead atoms. The van der Waals surface area contributed by atoms with Crippen molar-refractivity contribution in [3.63, 3.8) is 0 Å². The van der Waals surface area contributed by atoms with Gasteiger partial charge in [0.2, 0.25) is 0 Å². The molecule has 1 aliphatic heterocycles. The lowest BCUT2D eigenvalue weighted by molar-refractivity contribution is 0.820. The fourth-order valence-electron chi connectivity index (χ4n) is 7.53. The van der Waals surface area contributed by atoms with Gasteiger partial charge in [-0.3, -0.25) is 4.99 Å². The molecule has 1 aromatic heterocycles. The average molecular weight is 622 g/mol. The highest BCUT2D eigenvalue weighted by Gasteiger charge is 2.28. The van der Waals surface area contributed by atoms with Gasteiger partial charge in [-0.05, 0) is 68.0 Å². The third-order valence-electron chi connectivity index (χ3n) is 9.89. The van der Waals surface area contributed by atoms with Gasteiger partial charge in [-0.15, -0.1) is 0 Å². The number of benzene rings is 5. The molecule has 0 saturated heterocycles. The maximum absolute atomic E-state index is 5.45. The monoisotopic (exact) mass is 621 g/mol. The Bertz CT molecular complexity index is 2260. The van der Waals surface area contributed by atoms with Gasteiger partial charge in [0.1, 0.15) is 6.17 Å². The maximum Gasteiger partial charge on any atom is 0.147 e. The van der Waals surface area contributed by atoms with Crippen molar-refractivity contribution in [2.45, 2.75) is 39.8 Å². The Balaban J connectivity index is 1.33. The average Bonchev–Trinajstić information content (AvgIpc) is 3.44. The van der Waals surface area contributed by atoms with Crippen LogP contribution in [0.3, 0.4) is 0 Å². The first kappa shape index (κ1) is 29.7. The van der Waals surface area contributed by atoms with Crippen molar-refractivity contribution in [1.82, 2.24) is 4.57 Å². The zero-order valence-corrected chi connectivity index (χ0v) is 27.7. The molecule has 234 valence electrons. The number of nitrogens with zero attached hydrogens (tertiary/aromatic N) is 2. The second kappa shape index (κ2) is 12.5. The third-order valence-corrected chi connectivity index (χ3v) is 9.89. The molecular formula is C45H39N3. The smallest absolute Gasteiger partial charge is 0.147 e. The van der Waals surface area contributed by atoms with Crippen LogP contribution in [0.5, 0.6) is 0 Å². The summed E-state index contributed by atoms with van der Waals surface area (Å²) < 4.78 is 2.47. The summed E-state index contributed by atoms with van der Waals surface area (Å²) in [5, 5.41) is 5.03. The highest BCUT2D eigenvalue weighted by atomic mass is 15.1. The van der Waals surface area contributed by atoms with Gasteiger partial charge in [-0.25, -0.2) is 0 Å². The van der Waals surface area contributed by atoms with Crippen LogP contribution in [0.1, 0.15) is 60.8 Å². The highest BCUT2D eigenvalue weighted by Crippen LogP contribution is 2.42. The van der Waals surface area contributed by atoms with Crippen LogP contribution in [0, 0.1) is 6.92 Å². The number of anilines is 1. The molecule has 3 heteroatoms. The molecule has 0 saturated carbocycles. The molecule has 2 heterocycles. The van der Waals surface area contributed by atoms with E-state index in [0.717, 1.165) is 35.4 Å². The summed E-state index contributed by atoms with van der Waals surface area (Å²) in [6.45, 7) is 6.83. The third kappa shape index (κ3) is 5.22. The number of aliphatic imine (C=N–C) groups is 1. The van der Waals surface area contributed by atoms with E-state index in [2.05, 4.69) is 176 Å². The van der Waals surface area contributed by atoms with Crippen molar-refractivity contribution < 1.29 is 0 Å². The van der Waals surface area contributed by atoms with Crippen molar-refractivity contribution in [2.75, 3.05) is 5.32 Å². The van der Waals surface area contributed by atoms with Gasteiger partial charge in [0.05, 0.1) is 11.2 Å². The number of allylic oxidation sites excluding steroid dienone is 6. The highest BCUT2D eigenvalue weighted by molar-refractivity contribution is 6.17. The van der Waals surface area contributed by atoms with Gasteiger partial charge in [0, 0.05) is 44.7 Å². The first-order valence-corrected chi connectivity index (χ1v) is 16.9. The quantitative estimate of drug-likeness (QED) is 0.197. The molecule has 5 aromatic carbocycles. The first-order valence-electron chi connectivity index (χ1n) is 16.9. The number of hydrogen-bond acceptors (Lipinski definition) is 2. The van der Waals surface area contributed by atoms with Gasteiger partial charge in [-0.1, -0.05) is 139 Å². The van der Waals surface area contributed by atoms with Crippen LogP contribution in [0.2, 0.25) is 0 Å². The molecule has 48 heavy (non-hydrogen) atoms. The van der Waals surface area contributed by atoms with Crippen LogP contribution in [-0.4, -0.2) is 10.3 Å². The maximum atomic E-state index is 5.45. The van der Waals surface area contributed by atoms with Gasteiger partial charge in [0.15, 0.2) is 0 Å². The fourth-order valence-corrected chi connectivity index (χ4v) is 7.53. The molecule has 1 N–H and O–H groups in total. The summed E-state index contributed by atoms with van der Waals surface area (Å²) in [6, 6.07) is 47.6. The largest absolute Gasteiger partial charge is 0.359 e. The van der Waals surface area contributed by atoms with Crippen molar-refractivity contribution in [1.29, 1.82) is 0 Å². The lowest BCUT2D eigenvalue weighted by atomic mass is 9.87. The number of rotatable bonds is 6. The summed E-state index contributed by atoms with van der Waals surface area (Å²) in [6.07, 6.45) is 6.58. The van der Waals surface area contributed by atoms with E-state index in [1.54, 1.807) is 0 Å². The Morgan fingerprint density at radius 1 is 0.708 bits per heavy atom. The molecule has 0 radical (unpaired) electrons. The SMILES string of the molecule is CC1=C(/C(=C(\C)n2c(C)c(C3N=C(c4ccccc4)c4ccccc4N3)c3ccccc32)c2ccc(-c3ccccc3)cc2)C=CCC1. The Hall–Kier alpha value is -5.67. The number of nitrogens with one attached hydrogen (secondary N) is 1. The van der Waals surface area contributed by atoms with E-state index in [-0.39, 0.29) is 6.17 Å². The minimum absolute atomic E-state index is 0.238. The minimum atomic E-state index is -0.238. The van der Waals surface area contributed by atoms with Crippen molar-refractivity contribution in [3.8, 4) is 11.1 Å². The standard InChI is InChI=1S/C45H39N3/c1-30-16-10-11-21-37(30)42(35-28-26-34(27-29-35)33-17-6-4-7-18-33)31(2)48-32(3)43(39-23-13-15-25-41(39)48)45-46-40-24-14-12-22-38(40)44(47-45)36-19-8-5-9-20-36/h4-9,11-15,17-29,45-46H,10,16H2,1-3H3/b42-31+. The van der Waals surface area contributed by atoms with Gasteiger partial charge in [0.25, 0.3) is 0 Å². The summed E-state index contributed by atoms with van der Waals surface area (Å²) in [5.74, 6) is 0. The van der Waals surface area contributed by atoms with Crippen LogP contribution >= 0.6 is 0 Å². The Labute approximate surface area is 283 Å². The number of fused-ring (bicyclic) bond motifs is 2. The Morgan fingerprint density at radius 2 is 1.35 bits per heavy atom. The normalized spacial score (nSPS) is 16.3. The van der Waals surface area contributed by atoms with E-state index >= 15 is 0 Å².